The second kappa shape index (κ2) is 9.23. The molecule has 0 radical (unpaired) electrons. The van der Waals surface area contributed by atoms with Crippen LogP contribution in [0.1, 0.15) is 12.8 Å². The fourth-order valence-corrected chi connectivity index (χ4v) is 3.63. The third-order valence-corrected chi connectivity index (χ3v) is 5.63. The molecule has 3 N–H and O–H groups in total. The average Bonchev–Trinajstić information content (AvgIpc) is 3.58. The Morgan fingerprint density at radius 2 is 1.94 bits per heavy atom. The van der Waals surface area contributed by atoms with Crippen molar-refractivity contribution < 1.29 is 17.8 Å². The van der Waals surface area contributed by atoms with Crippen LogP contribution in [0.5, 0.6) is 5.75 Å². The summed E-state index contributed by atoms with van der Waals surface area (Å²) in [4.78, 5) is 28.2. The molecule has 0 atom stereocenters. The van der Waals surface area contributed by atoms with Crippen LogP contribution in [0.25, 0.3) is 22.4 Å². The van der Waals surface area contributed by atoms with Crippen LogP contribution in [0.3, 0.4) is 0 Å². The largest absolute Gasteiger partial charge is 0.408 e. The number of H-pyrrole nitrogens is 1. The van der Waals surface area contributed by atoms with Gasteiger partial charge in [-0.2, -0.15) is 4.98 Å². The molecule has 0 aliphatic heterocycles. The number of nitrogens with one attached hydrogen (secondary N) is 3. The number of amides is 1. The minimum atomic E-state index is -0.976. The summed E-state index contributed by atoms with van der Waals surface area (Å²) in [5.41, 5.74) is 6.40. The number of rotatable bonds is 8. The molecule has 0 unspecified atom stereocenters. The molecule has 1 amide bonds. The van der Waals surface area contributed by atoms with E-state index in [4.69, 9.17) is 4.18 Å². The number of aromatic amines is 1. The number of carbonyl (C=O) groups excluding carboxylic acids is 1. The van der Waals surface area contributed by atoms with E-state index >= 15 is 0 Å². The molecule has 0 spiro atoms. The molecule has 1 aliphatic rings. The van der Waals surface area contributed by atoms with Crippen molar-refractivity contribution in [1.29, 1.82) is 0 Å². The monoisotopic (exact) mass is 483 g/mol. The molecule has 2 aromatic heterocycles. The smallest absolute Gasteiger partial charge is 0.232 e. The van der Waals surface area contributed by atoms with Crippen LogP contribution in [-0.2, 0) is 4.79 Å². The molecule has 12 heteroatoms. The minimum absolute atomic E-state index is 0.0354. The summed E-state index contributed by atoms with van der Waals surface area (Å²) in [6, 6.07) is 10.7. The van der Waals surface area contributed by atoms with E-state index in [9.17, 15) is 13.6 Å². The highest BCUT2D eigenvalue weighted by atomic mass is 32.2. The Morgan fingerprint density at radius 1 is 1.15 bits per heavy atom. The quantitative estimate of drug-likeness (QED) is 0.190. The van der Waals surface area contributed by atoms with Gasteiger partial charge in [-0.05, 0) is 37.1 Å². The maximum Gasteiger partial charge on any atom is 0.232 e. The lowest BCUT2D eigenvalue weighted by atomic mass is 10.1. The molecule has 0 bridgehead atoms. The van der Waals surface area contributed by atoms with Crippen LogP contribution in [0.4, 0.5) is 20.4 Å². The summed E-state index contributed by atoms with van der Waals surface area (Å²) in [6.45, 7) is 0. The standard InChI is InChI=1S/C22H19F2N7O2S/c1-31(34-33-15-8-9-16(23)17(24)10-15)30-14-6-4-12(5-7-14)18-19-20(26-11-25-19)28-22(27-18)29-21(32)13-2-3-13/h4-11,13,30H,2-3H2,1H3,(H2,25,26,27,28,29,32). The number of carbonyl (C=O) groups is 1. The van der Waals surface area contributed by atoms with E-state index in [1.807, 2.05) is 24.3 Å². The summed E-state index contributed by atoms with van der Waals surface area (Å²) in [6.07, 6.45) is 3.30. The molecule has 0 saturated heterocycles. The average molecular weight is 484 g/mol. The first-order valence-corrected chi connectivity index (χ1v) is 11.1. The third kappa shape index (κ3) is 4.92. The second-order valence-electron chi connectivity index (χ2n) is 7.68. The lowest BCUT2D eigenvalue weighted by molar-refractivity contribution is -0.117. The zero-order valence-corrected chi connectivity index (χ0v) is 18.7. The van der Waals surface area contributed by atoms with Gasteiger partial charge in [-0.25, -0.2) is 18.7 Å². The van der Waals surface area contributed by atoms with Gasteiger partial charge in [0, 0.05) is 30.3 Å². The van der Waals surface area contributed by atoms with E-state index in [0.29, 0.717) is 16.9 Å². The topological polar surface area (TPSA) is 108 Å². The Morgan fingerprint density at radius 3 is 2.68 bits per heavy atom. The van der Waals surface area contributed by atoms with Gasteiger partial charge < -0.3 is 14.6 Å². The Hall–Kier alpha value is -3.77. The number of benzene rings is 2. The summed E-state index contributed by atoms with van der Waals surface area (Å²) in [5.74, 6) is -1.54. The maximum atomic E-state index is 13.3. The molecular formula is C22H19F2N7O2S. The highest BCUT2D eigenvalue weighted by Gasteiger charge is 2.30. The van der Waals surface area contributed by atoms with E-state index in [2.05, 4.69) is 30.7 Å². The van der Waals surface area contributed by atoms with Gasteiger partial charge in [-0.1, -0.05) is 12.1 Å². The van der Waals surface area contributed by atoms with Crippen molar-refractivity contribution in [3.8, 4) is 17.0 Å². The van der Waals surface area contributed by atoms with Gasteiger partial charge in [0.05, 0.1) is 6.33 Å². The number of anilines is 2. The van der Waals surface area contributed by atoms with Gasteiger partial charge >= 0.3 is 0 Å². The Balaban J connectivity index is 1.27. The molecule has 1 aliphatic carbocycles. The van der Waals surface area contributed by atoms with Crippen LogP contribution in [0.2, 0.25) is 0 Å². The van der Waals surface area contributed by atoms with E-state index in [0.717, 1.165) is 48.5 Å². The lowest BCUT2D eigenvalue weighted by Crippen LogP contribution is -2.18. The van der Waals surface area contributed by atoms with Crippen molar-refractivity contribution in [3.05, 3.63) is 60.4 Å². The number of fused-ring (bicyclic) bond motifs is 1. The Kier molecular flexibility index (Phi) is 5.99. The molecule has 2 aromatic carbocycles. The van der Waals surface area contributed by atoms with Gasteiger partial charge in [0.2, 0.25) is 11.9 Å². The Bertz CT molecular complexity index is 1350. The number of hydrogen-bond acceptors (Lipinski definition) is 8. The predicted molar refractivity (Wildman–Crippen MR) is 124 cm³/mol. The van der Waals surface area contributed by atoms with Gasteiger partial charge in [0.15, 0.2) is 29.5 Å². The third-order valence-electron chi connectivity index (χ3n) is 5.05. The molecule has 174 valence electrons. The first-order chi connectivity index (χ1) is 16.5. The van der Waals surface area contributed by atoms with E-state index in [-0.39, 0.29) is 23.5 Å². The SMILES string of the molecule is CN(Nc1ccc(-c2nc(NC(=O)C3CC3)nc3nc[nH]c23)cc1)SOc1ccc(F)c(F)c1. The van der Waals surface area contributed by atoms with Crippen molar-refractivity contribution in [2.45, 2.75) is 12.8 Å². The number of aromatic nitrogens is 4. The highest BCUT2D eigenvalue weighted by Crippen LogP contribution is 2.31. The maximum absolute atomic E-state index is 13.3. The van der Waals surface area contributed by atoms with Crippen molar-refractivity contribution in [2.24, 2.45) is 5.92 Å². The van der Waals surface area contributed by atoms with Crippen molar-refractivity contribution in [2.75, 3.05) is 17.8 Å². The fraction of sp³-hybridized carbons (Fsp3) is 0.182. The molecule has 1 saturated carbocycles. The number of nitrogens with zero attached hydrogens (tertiary/aromatic N) is 4. The van der Waals surface area contributed by atoms with E-state index in [1.165, 1.54) is 12.4 Å². The summed E-state index contributed by atoms with van der Waals surface area (Å²) in [7, 11) is 1.71. The summed E-state index contributed by atoms with van der Waals surface area (Å²) >= 11 is 0.917. The van der Waals surface area contributed by atoms with Crippen LogP contribution < -0.4 is 14.9 Å². The number of hydrazine groups is 1. The zero-order chi connectivity index (χ0) is 23.7. The van der Waals surface area contributed by atoms with Crippen LogP contribution in [-0.4, -0.2) is 37.3 Å². The van der Waals surface area contributed by atoms with Crippen LogP contribution in [0.15, 0.2) is 48.8 Å². The van der Waals surface area contributed by atoms with Crippen LogP contribution in [0, 0.1) is 17.6 Å². The summed E-state index contributed by atoms with van der Waals surface area (Å²) < 4.78 is 33.3. The van der Waals surface area contributed by atoms with Crippen LogP contribution >= 0.6 is 12.2 Å². The molecule has 1 fully saturated rings. The van der Waals surface area contributed by atoms with E-state index < -0.39 is 11.6 Å². The number of halogens is 2. The van der Waals surface area contributed by atoms with Gasteiger partial charge in [0.1, 0.15) is 17.0 Å². The van der Waals surface area contributed by atoms with Gasteiger partial charge in [-0.15, -0.1) is 4.41 Å². The normalized spacial score (nSPS) is 13.3. The first-order valence-electron chi connectivity index (χ1n) is 10.4. The zero-order valence-electron chi connectivity index (χ0n) is 17.9. The van der Waals surface area contributed by atoms with Crippen molar-refractivity contribution in [3.63, 3.8) is 0 Å². The van der Waals surface area contributed by atoms with Crippen molar-refractivity contribution in [1.82, 2.24) is 24.4 Å². The molecule has 34 heavy (non-hydrogen) atoms. The predicted octanol–water partition coefficient (Wildman–Crippen LogP) is 4.55. The first kappa shape index (κ1) is 22.0. The second-order valence-corrected chi connectivity index (χ2v) is 8.54. The lowest BCUT2D eigenvalue weighted by Gasteiger charge is -2.17. The molecule has 4 aromatic rings. The minimum Gasteiger partial charge on any atom is -0.408 e. The summed E-state index contributed by atoms with van der Waals surface area (Å²) in [5, 5.41) is 2.77. The van der Waals surface area contributed by atoms with Gasteiger partial charge in [0.25, 0.3) is 0 Å². The molecule has 2 heterocycles. The van der Waals surface area contributed by atoms with Gasteiger partial charge in [-0.3, -0.25) is 10.1 Å². The molecule has 9 nitrogen and oxygen atoms in total. The fourth-order valence-electron chi connectivity index (χ4n) is 3.19. The van der Waals surface area contributed by atoms with E-state index in [1.54, 1.807) is 11.5 Å². The molecular weight excluding hydrogens is 464 g/mol. The highest BCUT2D eigenvalue weighted by molar-refractivity contribution is 7.92. The number of hydrogen-bond donors (Lipinski definition) is 3. The van der Waals surface area contributed by atoms with Crippen molar-refractivity contribution >= 4 is 40.9 Å². The Labute approximate surface area is 197 Å². The molecule has 5 rings (SSSR count). The number of imidazole rings is 1.